The Bertz CT molecular complexity index is 781. The molecule has 0 fully saturated rings. The fraction of sp³-hybridized carbons (Fsp3) is 0.238. The van der Waals surface area contributed by atoms with E-state index in [0.717, 1.165) is 12.0 Å². The normalized spacial score (nSPS) is 11.8. The molecule has 1 atom stereocenters. The average Bonchev–Trinajstić information content (AvgIpc) is 2.67. The van der Waals surface area contributed by atoms with E-state index in [4.69, 9.17) is 9.47 Å². The van der Waals surface area contributed by atoms with Crippen LogP contribution in [0.1, 0.15) is 25.0 Å². The van der Waals surface area contributed by atoms with Crippen molar-refractivity contribution in [1.29, 1.82) is 0 Å². The van der Waals surface area contributed by atoms with Gasteiger partial charge in [-0.15, -0.1) is 0 Å². The van der Waals surface area contributed by atoms with Crippen LogP contribution in [0.5, 0.6) is 5.75 Å². The Kier molecular flexibility index (Phi) is 6.97. The SMILES string of the molecule is CCc1ccc(NC(=O)C(C)OC(=O)C=Cc2cccc(OC)c2)cc1. The summed E-state index contributed by atoms with van der Waals surface area (Å²) < 4.78 is 10.3. The molecule has 0 heterocycles. The van der Waals surface area contributed by atoms with E-state index in [9.17, 15) is 9.59 Å². The van der Waals surface area contributed by atoms with E-state index in [2.05, 4.69) is 12.2 Å². The predicted molar refractivity (Wildman–Crippen MR) is 102 cm³/mol. The Morgan fingerprint density at radius 1 is 1.15 bits per heavy atom. The zero-order valence-electron chi connectivity index (χ0n) is 15.2. The fourth-order valence-electron chi connectivity index (χ4n) is 2.24. The number of esters is 1. The molecular formula is C21H23NO4. The Morgan fingerprint density at radius 2 is 1.88 bits per heavy atom. The minimum atomic E-state index is -0.900. The van der Waals surface area contributed by atoms with Crippen molar-refractivity contribution >= 4 is 23.6 Å². The highest BCUT2D eigenvalue weighted by Crippen LogP contribution is 2.14. The van der Waals surface area contributed by atoms with Gasteiger partial charge in [-0.05, 0) is 54.8 Å². The molecule has 1 amide bonds. The Hall–Kier alpha value is -3.08. The second-order valence-electron chi connectivity index (χ2n) is 5.73. The number of ether oxygens (including phenoxy) is 2. The van der Waals surface area contributed by atoms with Gasteiger partial charge in [0.1, 0.15) is 5.75 Å². The van der Waals surface area contributed by atoms with Gasteiger partial charge in [0.2, 0.25) is 0 Å². The number of hydrogen-bond acceptors (Lipinski definition) is 4. The summed E-state index contributed by atoms with van der Waals surface area (Å²) in [6, 6.07) is 14.8. The van der Waals surface area contributed by atoms with Crippen LogP contribution in [-0.4, -0.2) is 25.1 Å². The van der Waals surface area contributed by atoms with Gasteiger partial charge in [-0.25, -0.2) is 4.79 Å². The number of nitrogens with one attached hydrogen (secondary N) is 1. The van der Waals surface area contributed by atoms with Crippen molar-refractivity contribution in [1.82, 2.24) is 0 Å². The number of aryl methyl sites for hydroxylation is 1. The first-order chi connectivity index (χ1) is 12.5. The first-order valence-corrected chi connectivity index (χ1v) is 8.44. The summed E-state index contributed by atoms with van der Waals surface area (Å²) in [5.74, 6) is -0.267. The molecule has 0 radical (unpaired) electrons. The summed E-state index contributed by atoms with van der Waals surface area (Å²) in [6.45, 7) is 3.60. The largest absolute Gasteiger partial charge is 0.497 e. The van der Waals surface area contributed by atoms with Crippen LogP contribution in [-0.2, 0) is 20.7 Å². The van der Waals surface area contributed by atoms with Gasteiger partial charge in [0, 0.05) is 11.8 Å². The molecule has 0 aromatic heterocycles. The third-order valence-electron chi connectivity index (χ3n) is 3.80. The number of carbonyl (C=O) groups is 2. The second-order valence-corrected chi connectivity index (χ2v) is 5.73. The smallest absolute Gasteiger partial charge is 0.331 e. The first kappa shape index (κ1) is 19.2. The lowest BCUT2D eigenvalue weighted by atomic mass is 10.1. The fourth-order valence-corrected chi connectivity index (χ4v) is 2.24. The van der Waals surface area contributed by atoms with E-state index in [1.165, 1.54) is 18.6 Å². The maximum absolute atomic E-state index is 12.1. The van der Waals surface area contributed by atoms with Crippen LogP contribution in [0, 0.1) is 0 Å². The maximum atomic E-state index is 12.1. The van der Waals surface area contributed by atoms with Gasteiger partial charge in [-0.3, -0.25) is 4.79 Å². The third kappa shape index (κ3) is 5.77. The monoisotopic (exact) mass is 353 g/mol. The molecule has 0 spiro atoms. The molecule has 2 aromatic rings. The van der Waals surface area contributed by atoms with Crippen molar-refractivity contribution in [2.24, 2.45) is 0 Å². The summed E-state index contributed by atoms with van der Waals surface area (Å²) in [5.41, 5.74) is 2.65. The van der Waals surface area contributed by atoms with E-state index in [-0.39, 0.29) is 5.91 Å². The van der Waals surface area contributed by atoms with E-state index in [1.807, 2.05) is 42.5 Å². The molecule has 0 bridgehead atoms. The van der Waals surface area contributed by atoms with Gasteiger partial charge in [0.15, 0.2) is 6.10 Å². The lowest BCUT2D eigenvalue weighted by Crippen LogP contribution is -2.29. The van der Waals surface area contributed by atoms with Crippen molar-refractivity contribution in [3.63, 3.8) is 0 Å². The van der Waals surface area contributed by atoms with Crippen LogP contribution in [0.2, 0.25) is 0 Å². The van der Waals surface area contributed by atoms with Crippen LogP contribution in [0.25, 0.3) is 6.08 Å². The highest BCUT2D eigenvalue weighted by Gasteiger charge is 2.16. The number of methoxy groups -OCH3 is 1. The van der Waals surface area contributed by atoms with E-state index in [1.54, 1.807) is 19.3 Å². The molecular weight excluding hydrogens is 330 g/mol. The number of benzene rings is 2. The standard InChI is InChI=1S/C21H23NO4/c1-4-16-8-11-18(12-9-16)22-21(24)15(2)26-20(23)13-10-17-6-5-7-19(14-17)25-3/h5-15H,4H2,1-3H3,(H,22,24). The minimum Gasteiger partial charge on any atom is -0.497 e. The number of carbonyl (C=O) groups excluding carboxylic acids is 2. The Balaban J connectivity index is 1.88. The van der Waals surface area contributed by atoms with Crippen molar-refractivity contribution < 1.29 is 19.1 Å². The molecule has 0 aliphatic rings. The highest BCUT2D eigenvalue weighted by atomic mass is 16.5. The van der Waals surface area contributed by atoms with Gasteiger partial charge in [0.05, 0.1) is 7.11 Å². The molecule has 0 saturated heterocycles. The lowest BCUT2D eigenvalue weighted by molar-refractivity contribution is -0.148. The van der Waals surface area contributed by atoms with E-state index in [0.29, 0.717) is 11.4 Å². The van der Waals surface area contributed by atoms with Crippen LogP contribution in [0.15, 0.2) is 54.6 Å². The maximum Gasteiger partial charge on any atom is 0.331 e. The Labute approximate surface area is 153 Å². The topological polar surface area (TPSA) is 64.6 Å². The van der Waals surface area contributed by atoms with Crippen LogP contribution in [0.3, 0.4) is 0 Å². The summed E-state index contributed by atoms with van der Waals surface area (Å²) in [6.07, 6.45) is 2.93. The van der Waals surface area contributed by atoms with Crippen molar-refractivity contribution in [2.45, 2.75) is 26.4 Å². The van der Waals surface area contributed by atoms with Gasteiger partial charge < -0.3 is 14.8 Å². The zero-order valence-corrected chi connectivity index (χ0v) is 15.2. The lowest BCUT2D eigenvalue weighted by Gasteiger charge is -2.12. The molecule has 5 heteroatoms. The number of amides is 1. The molecule has 136 valence electrons. The molecule has 5 nitrogen and oxygen atoms in total. The summed E-state index contributed by atoms with van der Waals surface area (Å²) in [4.78, 5) is 24.0. The molecule has 26 heavy (non-hydrogen) atoms. The summed E-state index contributed by atoms with van der Waals surface area (Å²) in [5, 5.41) is 2.73. The van der Waals surface area contributed by atoms with Crippen LogP contribution < -0.4 is 10.1 Å². The van der Waals surface area contributed by atoms with Crippen LogP contribution >= 0.6 is 0 Å². The van der Waals surface area contributed by atoms with Gasteiger partial charge >= 0.3 is 5.97 Å². The highest BCUT2D eigenvalue weighted by molar-refractivity contribution is 5.96. The van der Waals surface area contributed by atoms with E-state index >= 15 is 0 Å². The van der Waals surface area contributed by atoms with Crippen molar-refractivity contribution in [2.75, 3.05) is 12.4 Å². The van der Waals surface area contributed by atoms with Crippen LogP contribution in [0.4, 0.5) is 5.69 Å². The molecule has 1 unspecified atom stereocenters. The summed E-state index contributed by atoms with van der Waals surface area (Å²) >= 11 is 0. The number of rotatable bonds is 7. The summed E-state index contributed by atoms with van der Waals surface area (Å²) in [7, 11) is 1.58. The molecule has 0 saturated carbocycles. The quantitative estimate of drug-likeness (QED) is 0.607. The Morgan fingerprint density at radius 3 is 2.54 bits per heavy atom. The third-order valence-corrected chi connectivity index (χ3v) is 3.80. The minimum absolute atomic E-state index is 0.377. The predicted octanol–water partition coefficient (Wildman–Crippen LogP) is 3.84. The van der Waals surface area contributed by atoms with Gasteiger partial charge in [-0.2, -0.15) is 0 Å². The molecule has 1 N–H and O–H groups in total. The molecule has 0 aliphatic heterocycles. The molecule has 2 rings (SSSR count). The first-order valence-electron chi connectivity index (χ1n) is 8.44. The van der Waals surface area contributed by atoms with Crippen molar-refractivity contribution in [3.05, 3.63) is 65.7 Å². The number of hydrogen-bond donors (Lipinski definition) is 1. The zero-order chi connectivity index (χ0) is 18.9. The molecule has 2 aromatic carbocycles. The van der Waals surface area contributed by atoms with E-state index < -0.39 is 12.1 Å². The average molecular weight is 353 g/mol. The molecule has 0 aliphatic carbocycles. The van der Waals surface area contributed by atoms with Crippen molar-refractivity contribution in [3.8, 4) is 5.75 Å². The van der Waals surface area contributed by atoms with Gasteiger partial charge in [0.25, 0.3) is 5.91 Å². The second kappa shape index (κ2) is 9.42. The van der Waals surface area contributed by atoms with Gasteiger partial charge in [-0.1, -0.05) is 31.2 Å². The number of anilines is 1.